The standard InChI is InChI=1S/C21H36N6O6S/c1-11(2)7-15(19(30)26-16(21(32)33)8-13-9-23-10-24-13)25-20(31)17(12(3)28)27-18(29)14(22)5-6-34-4/h9-12,14-17,28H,5-8,22H2,1-4H3,(H,23,24)(H,25,31)(H,26,30)(H,27,29)(H,32,33). The van der Waals surface area contributed by atoms with E-state index in [9.17, 15) is 29.4 Å². The number of rotatable bonds is 15. The maximum atomic E-state index is 12.9. The number of aliphatic hydroxyl groups excluding tert-OH is 1. The number of nitrogens with zero attached hydrogens (tertiary/aromatic N) is 1. The molecule has 8 N–H and O–H groups in total. The predicted molar refractivity (Wildman–Crippen MR) is 128 cm³/mol. The van der Waals surface area contributed by atoms with Gasteiger partial charge in [0, 0.05) is 18.3 Å². The molecule has 192 valence electrons. The molecule has 0 spiro atoms. The number of carbonyl (C=O) groups is 4. The zero-order valence-corrected chi connectivity index (χ0v) is 20.7. The molecule has 1 aromatic heterocycles. The van der Waals surface area contributed by atoms with Crippen molar-refractivity contribution in [2.45, 2.75) is 70.3 Å². The number of aliphatic hydroxyl groups is 1. The molecule has 0 saturated carbocycles. The topological polar surface area (TPSA) is 200 Å². The van der Waals surface area contributed by atoms with Gasteiger partial charge in [-0.15, -0.1) is 0 Å². The highest BCUT2D eigenvalue weighted by Crippen LogP contribution is 2.08. The van der Waals surface area contributed by atoms with Crippen molar-refractivity contribution in [1.29, 1.82) is 0 Å². The molecule has 5 atom stereocenters. The zero-order chi connectivity index (χ0) is 25.8. The number of H-pyrrole nitrogens is 1. The smallest absolute Gasteiger partial charge is 0.326 e. The molecule has 0 radical (unpaired) electrons. The van der Waals surface area contributed by atoms with Gasteiger partial charge in [0.15, 0.2) is 0 Å². The lowest BCUT2D eigenvalue weighted by molar-refractivity contribution is -0.142. The second-order valence-corrected chi connectivity index (χ2v) is 9.47. The molecule has 1 aromatic rings. The van der Waals surface area contributed by atoms with E-state index in [1.54, 1.807) is 0 Å². The fourth-order valence-electron chi connectivity index (χ4n) is 3.09. The van der Waals surface area contributed by atoms with Crippen molar-refractivity contribution in [3.8, 4) is 0 Å². The number of hydrogen-bond acceptors (Lipinski definition) is 8. The molecule has 1 rings (SSSR count). The van der Waals surface area contributed by atoms with Gasteiger partial charge in [-0.2, -0.15) is 11.8 Å². The van der Waals surface area contributed by atoms with Gasteiger partial charge in [0.2, 0.25) is 17.7 Å². The quantitative estimate of drug-likeness (QED) is 0.158. The van der Waals surface area contributed by atoms with E-state index >= 15 is 0 Å². The van der Waals surface area contributed by atoms with Gasteiger partial charge in [-0.25, -0.2) is 9.78 Å². The van der Waals surface area contributed by atoms with Crippen LogP contribution in [0.2, 0.25) is 0 Å². The van der Waals surface area contributed by atoms with Gasteiger partial charge < -0.3 is 36.9 Å². The minimum absolute atomic E-state index is 0.0218. The molecular weight excluding hydrogens is 464 g/mol. The molecule has 0 saturated heterocycles. The summed E-state index contributed by atoms with van der Waals surface area (Å²) in [5.41, 5.74) is 6.36. The summed E-state index contributed by atoms with van der Waals surface area (Å²) in [6, 6.07) is -4.52. The number of carboxylic acid groups (broad SMARTS) is 1. The van der Waals surface area contributed by atoms with Crippen LogP contribution in [0.1, 0.15) is 39.3 Å². The monoisotopic (exact) mass is 500 g/mol. The van der Waals surface area contributed by atoms with Gasteiger partial charge in [-0.3, -0.25) is 14.4 Å². The van der Waals surface area contributed by atoms with E-state index in [1.807, 2.05) is 20.1 Å². The summed E-state index contributed by atoms with van der Waals surface area (Å²) in [5.74, 6) is -2.68. The van der Waals surface area contributed by atoms with Gasteiger partial charge >= 0.3 is 5.97 Å². The molecule has 0 bridgehead atoms. The summed E-state index contributed by atoms with van der Waals surface area (Å²) in [6.07, 6.45) is 4.05. The molecule has 1 heterocycles. The van der Waals surface area contributed by atoms with Gasteiger partial charge in [0.25, 0.3) is 0 Å². The number of carbonyl (C=O) groups excluding carboxylic acids is 3. The average molecular weight is 501 g/mol. The van der Waals surface area contributed by atoms with E-state index in [4.69, 9.17) is 5.73 Å². The van der Waals surface area contributed by atoms with E-state index in [1.165, 1.54) is 31.2 Å². The molecule has 12 nitrogen and oxygen atoms in total. The molecular formula is C21H36N6O6S. The molecule has 3 amide bonds. The first-order chi connectivity index (χ1) is 16.0. The van der Waals surface area contributed by atoms with E-state index in [0.29, 0.717) is 17.9 Å². The predicted octanol–water partition coefficient (Wildman–Crippen LogP) is -1.00. The maximum absolute atomic E-state index is 12.9. The Morgan fingerprint density at radius 1 is 1.09 bits per heavy atom. The van der Waals surface area contributed by atoms with E-state index in [-0.39, 0.29) is 18.8 Å². The van der Waals surface area contributed by atoms with Gasteiger partial charge in [-0.05, 0) is 37.7 Å². The minimum Gasteiger partial charge on any atom is -0.480 e. The number of thioether (sulfide) groups is 1. The lowest BCUT2D eigenvalue weighted by Gasteiger charge is -2.27. The normalized spacial score (nSPS) is 15.6. The summed E-state index contributed by atoms with van der Waals surface area (Å²) in [5, 5.41) is 27.0. The van der Waals surface area contributed by atoms with Crippen LogP contribution in [-0.2, 0) is 25.6 Å². The van der Waals surface area contributed by atoms with E-state index < -0.39 is 54.0 Å². The summed E-state index contributed by atoms with van der Waals surface area (Å²) in [6.45, 7) is 5.01. The molecule has 13 heteroatoms. The Morgan fingerprint density at radius 3 is 2.24 bits per heavy atom. The molecule has 34 heavy (non-hydrogen) atoms. The first-order valence-corrected chi connectivity index (χ1v) is 12.4. The van der Waals surface area contributed by atoms with Crippen molar-refractivity contribution < 1.29 is 29.4 Å². The number of aromatic nitrogens is 2. The highest BCUT2D eigenvalue weighted by atomic mass is 32.2. The second kappa shape index (κ2) is 14.6. The average Bonchev–Trinajstić information content (AvgIpc) is 3.26. The largest absolute Gasteiger partial charge is 0.480 e. The number of imidazole rings is 1. The Morgan fingerprint density at radius 2 is 1.74 bits per heavy atom. The number of aliphatic carboxylic acids is 1. The van der Waals surface area contributed by atoms with Crippen LogP contribution in [-0.4, -0.2) is 86.2 Å². The van der Waals surface area contributed by atoms with Crippen molar-refractivity contribution in [2.24, 2.45) is 11.7 Å². The number of aromatic amines is 1. The lowest BCUT2D eigenvalue weighted by Crippen LogP contribution is -2.60. The SMILES string of the molecule is CSCCC(N)C(=O)NC(C(=O)NC(CC(C)C)C(=O)NC(Cc1cnc[nH]1)C(=O)O)C(C)O. The lowest BCUT2D eigenvalue weighted by atomic mass is 10.0. The third kappa shape index (κ3) is 10.1. The van der Waals surface area contributed by atoms with Crippen LogP contribution >= 0.6 is 11.8 Å². The van der Waals surface area contributed by atoms with Crippen LogP contribution in [0.3, 0.4) is 0 Å². The molecule has 0 aliphatic rings. The van der Waals surface area contributed by atoms with Crippen molar-refractivity contribution >= 4 is 35.5 Å². The Balaban J connectivity index is 2.92. The summed E-state index contributed by atoms with van der Waals surface area (Å²) in [7, 11) is 0. The minimum atomic E-state index is -1.34. The molecule has 5 unspecified atom stereocenters. The zero-order valence-electron chi connectivity index (χ0n) is 19.9. The van der Waals surface area contributed by atoms with Crippen LogP contribution < -0.4 is 21.7 Å². The first kappa shape index (κ1) is 29.4. The highest BCUT2D eigenvalue weighted by Gasteiger charge is 2.32. The van der Waals surface area contributed by atoms with Crippen LogP contribution in [0.5, 0.6) is 0 Å². The van der Waals surface area contributed by atoms with Gasteiger partial charge in [0.1, 0.15) is 18.1 Å². The Kier molecular flexibility index (Phi) is 12.6. The number of hydrogen-bond donors (Lipinski definition) is 7. The molecule has 0 fully saturated rings. The van der Waals surface area contributed by atoms with Crippen LogP contribution in [0.15, 0.2) is 12.5 Å². The molecule has 0 aliphatic carbocycles. The third-order valence-corrected chi connectivity index (χ3v) is 5.61. The van der Waals surface area contributed by atoms with Crippen molar-refractivity contribution in [3.05, 3.63) is 18.2 Å². The Bertz CT molecular complexity index is 804. The summed E-state index contributed by atoms with van der Waals surface area (Å²) in [4.78, 5) is 56.4. The fraction of sp³-hybridized carbons (Fsp3) is 0.667. The fourth-order valence-corrected chi connectivity index (χ4v) is 3.58. The Labute approximate surface area is 203 Å². The second-order valence-electron chi connectivity index (χ2n) is 8.49. The Hall–Kier alpha value is -2.64. The maximum Gasteiger partial charge on any atom is 0.326 e. The number of nitrogens with two attached hydrogens (primary N) is 1. The number of amides is 3. The van der Waals surface area contributed by atoms with Crippen molar-refractivity contribution in [1.82, 2.24) is 25.9 Å². The van der Waals surface area contributed by atoms with Crippen molar-refractivity contribution in [3.63, 3.8) is 0 Å². The van der Waals surface area contributed by atoms with E-state index in [0.717, 1.165) is 0 Å². The molecule has 0 aliphatic heterocycles. The number of carboxylic acids is 1. The summed E-state index contributed by atoms with van der Waals surface area (Å²) < 4.78 is 0. The van der Waals surface area contributed by atoms with Crippen LogP contribution in [0.4, 0.5) is 0 Å². The highest BCUT2D eigenvalue weighted by molar-refractivity contribution is 7.98. The van der Waals surface area contributed by atoms with Gasteiger partial charge in [0.05, 0.1) is 18.5 Å². The number of nitrogens with one attached hydrogen (secondary N) is 4. The summed E-state index contributed by atoms with van der Waals surface area (Å²) >= 11 is 1.52. The molecule has 0 aromatic carbocycles. The van der Waals surface area contributed by atoms with Crippen LogP contribution in [0, 0.1) is 5.92 Å². The third-order valence-electron chi connectivity index (χ3n) is 4.97. The first-order valence-electron chi connectivity index (χ1n) is 11.0. The van der Waals surface area contributed by atoms with Gasteiger partial charge in [-0.1, -0.05) is 13.8 Å². The van der Waals surface area contributed by atoms with Crippen LogP contribution in [0.25, 0.3) is 0 Å². The van der Waals surface area contributed by atoms with E-state index in [2.05, 4.69) is 25.9 Å². The van der Waals surface area contributed by atoms with Crippen molar-refractivity contribution in [2.75, 3.05) is 12.0 Å².